The summed E-state index contributed by atoms with van der Waals surface area (Å²) in [6, 6.07) is 63.2. The molecule has 12 rings (SSSR count). The van der Waals surface area contributed by atoms with Gasteiger partial charge in [0, 0.05) is 38.6 Å². The number of hydrogen-bond acceptors (Lipinski definition) is 2. The van der Waals surface area contributed by atoms with Crippen LogP contribution < -0.4 is 4.90 Å². The number of fused-ring (bicyclic) bond motifs is 12. The van der Waals surface area contributed by atoms with Crippen LogP contribution in [0.2, 0.25) is 0 Å². The van der Waals surface area contributed by atoms with E-state index in [1.54, 1.807) is 0 Å². The van der Waals surface area contributed by atoms with Crippen LogP contribution in [-0.4, -0.2) is 0 Å². The highest BCUT2D eigenvalue weighted by Gasteiger charge is 2.43. The summed E-state index contributed by atoms with van der Waals surface area (Å²) in [5, 5.41) is 2.24. The first-order valence-electron chi connectivity index (χ1n) is 20.6. The summed E-state index contributed by atoms with van der Waals surface area (Å²) < 4.78 is 7.13. The van der Waals surface area contributed by atoms with E-state index in [0.717, 1.165) is 39.0 Å². The molecule has 9 aromatic rings. The van der Waals surface area contributed by atoms with Crippen LogP contribution in [0.4, 0.5) is 17.1 Å². The van der Waals surface area contributed by atoms with Gasteiger partial charge in [-0.3, -0.25) is 0 Å². The quantitative estimate of drug-likeness (QED) is 0.178. The summed E-state index contributed by atoms with van der Waals surface area (Å²) in [6.07, 6.45) is 0. The molecule has 8 aromatic carbocycles. The molecule has 0 unspecified atom stereocenters. The second-order valence-electron chi connectivity index (χ2n) is 17.8. The molecule has 0 saturated carbocycles. The summed E-state index contributed by atoms with van der Waals surface area (Å²) >= 11 is 0. The average Bonchev–Trinajstić information content (AvgIpc) is 3.91. The van der Waals surface area contributed by atoms with Gasteiger partial charge in [0.25, 0.3) is 0 Å². The van der Waals surface area contributed by atoms with Crippen molar-refractivity contribution in [1.29, 1.82) is 0 Å². The van der Waals surface area contributed by atoms with Crippen LogP contribution >= 0.6 is 0 Å². The molecule has 0 aliphatic heterocycles. The SMILES string of the molecule is CC1(C)c2ccccc2-c2ccc(N(c3ccc4c(c3)C(C)(C)c3ccccc3-4)c3ccc(C4(C)c5ccccc5-c5ccccc54)c4oc5ccccc5c34)cc21. The van der Waals surface area contributed by atoms with Gasteiger partial charge in [0.05, 0.1) is 11.1 Å². The number of para-hydroxylation sites is 1. The lowest BCUT2D eigenvalue weighted by molar-refractivity contribution is 0.638. The minimum atomic E-state index is -0.421. The van der Waals surface area contributed by atoms with E-state index in [1.807, 2.05) is 0 Å². The van der Waals surface area contributed by atoms with E-state index in [2.05, 4.69) is 209 Å². The topological polar surface area (TPSA) is 16.4 Å². The van der Waals surface area contributed by atoms with Crippen LogP contribution in [0, 0.1) is 0 Å². The molecule has 0 fully saturated rings. The van der Waals surface area contributed by atoms with Crippen LogP contribution in [-0.2, 0) is 16.2 Å². The average molecular weight is 746 g/mol. The van der Waals surface area contributed by atoms with Gasteiger partial charge in [-0.2, -0.15) is 0 Å². The normalized spacial score (nSPS) is 15.7. The van der Waals surface area contributed by atoms with E-state index < -0.39 is 5.41 Å². The molecule has 278 valence electrons. The second kappa shape index (κ2) is 11.5. The first-order chi connectivity index (χ1) is 28.2. The van der Waals surface area contributed by atoms with Gasteiger partial charge in [0.2, 0.25) is 0 Å². The first-order valence-corrected chi connectivity index (χ1v) is 20.6. The molecule has 0 spiro atoms. The molecular formula is C56H43NO. The molecule has 0 saturated heterocycles. The monoisotopic (exact) mass is 745 g/mol. The molecular weight excluding hydrogens is 703 g/mol. The molecule has 1 heterocycles. The molecule has 3 aliphatic carbocycles. The minimum absolute atomic E-state index is 0.144. The Bertz CT molecular complexity index is 3060. The predicted molar refractivity (Wildman–Crippen MR) is 241 cm³/mol. The molecule has 58 heavy (non-hydrogen) atoms. The fourth-order valence-electron chi connectivity index (χ4n) is 11.2. The van der Waals surface area contributed by atoms with Crippen LogP contribution in [0.5, 0.6) is 0 Å². The van der Waals surface area contributed by atoms with Crippen molar-refractivity contribution in [3.63, 3.8) is 0 Å². The zero-order chi connectivity index (χ0) is 39.1. The van der Waals surface area contributed by atoms with Crippen molar-refractivity contribution in [2.75, 3.05) is 4.90 Å². The summed E-state index contributed by atoms with van der Waals surface area (Å²) in [7, 11) is 0. The summed E-state index contributed by atoms with van der Waals surface area (Å²) in [4.78, 5) is 2.51. The van der Waals surface area contributed by atoms with Gasteiger partial charge in [0.15, 0.2) is 0 Å². The lowest BCUT2D eigenvalue weighted by Crippen LogP contribution is -2.23. The number of hydrogen-bond donors (Lipinski definition) is 0. The van der Waals surface area contributed by atoms with Crippen molar-refractivity contribution in [2.24, 2.45) is 0 Å². The fourth-order valence-corrected chi connectivity index (χ4v) is 11.2. The Morgan fingerprint density at radius 1 is 0.379 bits per heavy atom. The zero-order valence-electron chi connectivity index (χ0n) is 33.5. The number of anilines is 3. The Morgan fingerprint density at radius 3 is 1.34 bits per heavy atom. The number of nitrogens with zero attached hydrogens (tertiary/aromatic N) is 1. The van der Waals surface area contributed by atoms with Crippen LogP contribution in [0.15, 0.2) is 174 Å². The highest BCUT2D eigenvalue weighted by atomic mass is 16.3. The van der Waals surface area contributed by atoms with Gasteiger partial charge in [0.1, 0.15) is 11.2 Å². The van der Waals surface area contributed by atoms with Crippen molar-refractivity contribution in [3.05, 3.63) is 209 Å². The molecule has 0 amide bonds. The van der Waals surface area contributed by atoms with E-state index in [1.165, 1.54) is 72.3 Å². The van der Waals surface area contributed by atoms with Gasteiger partial charge in [-0.15, -0.1) is 0 Å². The van der Waals surface area contributed by atoms with Gasteiger partial charge in [-0.25, -0.2) is 0 Å². The number of rotatable bonds is 4. The van der Waals surface area contributed by atoms with E-state index in [0.29, 0.717) is 0 Å². The predicted octanol–water partition coefficient (Wildman–Crippen LogP) is 15.0. The Kier molecular flexibility index (Phi) is 6.63. The highest BCUT2D eigenvalue weighted by molar-refractivity contribution is 6.15. The van der Waals surface area contributed by atoms with E-state index in [-0.39, 0.29) is 10.8 Å². The van der Waals surface area contributed by atoms with Crippen molar-refractivity contribution >= 4 is 39.0 Å². The molecule has 0 radical (unpaired) electrons. The second-order valence-corrected chi connectivity index (χ2v) is 17.8. The smallest absolute Gasteiger partial charge is 0.141 e. The Morgan fingerprint density at radius 2 is 0.810 bits per heavy atom. The summed E-state index contributed by atoms with van der Waals surface area (Å²) in [6.45, 7) is 11.9. The van der Waals surface area contributed by atoms with E-state index in [4.69, 9.17) is 4.42 Å². The van der Waals surface area contributed by atoms with E-state index in [9.17, 15) is 0 Å². The van der Waals surface area contributed by atoms with Crippen LogP contribution in [0.25, 0.3) is 55.3 Å². The maximum absolute atomic E-state index is 7.13. The molecule has 0 N–H and O–H groups in total. The fraction of sp³-hybridized carbons (Fsp3) is 0.143. The van der Waals surface area contributed by atoms with Crippen LogP contribution in [0.1, 0.15) is 73.6 Å². The molecule has 2 heteroatoms. The third-order valence-corrected chi connectivity index (χ3v) is 14.2. The lowest BCUT2D eigenvalue weighted by Gasteiger charge is -2.32. The Balaban J connectivity index is 1.15. The van der Waals surface area contributed by atoms with Crippen LogP contribution in [0.3, 0.4) is 0 Å². The molecule has 0 atom stereocenters. The molecule has 3 aliphatic rings. The van der Waals surface area contributed by atoms with E-state index >= 15 is 0 Å². The van der Waals surface area contributed by atoms with Gasteiger partial charge in [-0.05, 0) is 110 Å². The number of furan rings is 1. The minimum Gasteiger partial charge on any atom is -0.456 e. The van der Waals surface area contributed by atoms with Crippen molar-refractivity contribution in [1.82, 2.24) is 0 Å². The Hall–Kier alpha value is -6.64. The van der Waals surface area contributed by atoms with Gasteiger partial charge in [-0.1, -0.05) is 161 Å². The molecule has 2 nitrogen and oxygen atoms in total. The third-order valence-electron chi connectivity index (χ3n) is 14.2. The third kappa shape index (κ3) is 4.22. The molecule has 0 bridgehead atoms. The standard InChI is InChI=1S/C56H43NO/c1-54(2)43-21-11-6-16-36(43)40-28-26-34(32-48(40)54)57(35-27-29-41-37-17-7-12-22-44(37)55(3,4)49(41)33-35)50-31-30-47(53-52(50)42-20-10-15-25-51(42)58-53)56(5)45-23-13-8-18-38(45)39-19-9-14-24-46(39)56/h6-33H,1-5H3. The zero-order valence-corrected chi connectivity index (χ0v) is 33.5. The van der Waals surface area contributed by atoms with Gasteiger partial charge < -0.3 is 9.32 Å². The van der Waals surface area contributed by atoms with Crippen molar-refractivity contribution in [3.8, 4) is 33.4 Å². The summed E-state index contributed by atoms with van der Waals surface area (Å²) in [5.74, 6) is 0. The first kappa shape index (κ1) is 33.5. The lowest BCUT2D eigenvalue weighted by atomic mass is 9.73. The highest BCUT2D eigenvalue weighted by Crippen LogP contribution is 2.57. The molecule has 1 aromatic heterocycles. The Labute approximate surface area is 340 Å². The van der Waals surface area contributed by atoms with Crippen molar-refractivity contribution in [2.45, 2.75) is 50.9 Å². The number of benzene rings is 8. The maximum Gasteiger partial charge on any atom is 0.141 e. The largest absolute Gasteiger partial charge is 0.456 e. The summed E-state index contributed by atoms with van der Waals surface area (Å²) in [5.41, 5.74) is 21.6. The van der Waals surface area contributed by atoms with Crippen molar-refractivity contribution < 1.29 is 4.42 Å². The van der Waals surface area contributed by atoms with Gasteiger partial charge >= 0.3 is 0 Å². The maximum atomic E-state index is 7.13.